The van der Waals surface area contributed by atoms with Gasteiger partial charge in [0.1, 0.15) is 0 Å². The fourth-order valence-electron chi connectivity index (χ4n) is 2.36. The molecule has 12 heavy (non-hydrogen) atoms. The van der Waals surface area contributed by atoms with E-state index in [1.807, 2.05) is 0 Å². The normalized spacial score (nSPS) is 43.3. The molecule has 0 aromatic carbocycles. The first-order valence-corrected chi connectivity index (χ1v) is 4.30. The lowest BCUT2D eigenvalue weighted by molar-refractivity contribution is -0.140. The molecule has 2 unspecified atom stereocenters. The zero-order valence-corrected chi connectivity index (χ0v) is 7.46. The van der Waals surface area contributed by atoms with E-state index >= 15 is 0 Å². The molecule has 1 heterocycles. The van der Waals surface area contributed by atoms with Crippen molar-refractivity contribution in [3.8, 4) is 0 Å². The molecule has 1 aliphatic heterocycles. The van der Waals surface area contributed by atoms with Crippen molar-refractivity contribution in [2.75, 3.05) is 13.2 Å². The Labute approximate surface area is 71.7 Å². The number of hydrogen-bond donors (Lipinski definition) is 1. The van der Waals surface area contributed by atoms with Crippen molar-refractivity contribution < 1.29 is 14.6 Å². The van der Waals surface area contributed by atoms with Gasteiger partial charge in [-0.2, -0.15) is 0 Å². The van der Waals surface area contributed by atoms with Gasteiger partial charge in [-0.3, -0.25) is 4.79 Å². The molecule has 2 rings (SSSR count). The highest BCUT2D eigenvalue weighted by Gasteiger charge is 2.68. The first-order chi connectivity index (χ1) is 5.50. The summed E-state index contributed by atoms with van der Waals surface area (Å²) in [5.74, 6) is -0.816. The molecule has 1 saturated carbocycles. The van der Waals surface area contributed by atoms with Gasteiger partial charge < -0.3 is 9.84 Å². The van der Waals surface area contributed by atoms with Crippen LogP contribution in [0, 0.1) is 16.7 Å². The van der Waals surface area contributed by atoms with Crippen LogP contribution < -0.4 is 0 Å². The van der Waals surface area contributed by atoms with Crippen LogP contribution in [-0.2, 0) is 9.53 Å². The Morgan fingerprint density at radius 3 is 2.50 bits per heavy atom. The number of hydrogen-bond acceptors (Lipinski definition) is 2. The van der Waals surface area contributed by atoms with Gasteiger partial charge in [-0.1, -0.05) is 13.8 Å². The van der Waals surface area contributed by atoms with Crippen molar-refractivity contribution in [3.05, 3.63) is 0 Å². The molecule has 1 aliphatic carbocycles. The van der Waals surface area contributed by atoms with Crippen LogP contribution in [0.2, 0.25) is 0 Å². The fourth-order valence-corrected chi connectivity index (χ4v) is 2.36. The maximum Gasteiger partial charge on any atom is 0.307 e. The first-order valence-electron chi connectivity index (χ1n) is 4.30. The van der Waals surface area contributed by atoms with Gasteiger partial charge in [0, 0.05) is 5.41 Å². The maximum absolute atomic E-state index is 10.8. The quantitative estimate of drug-likeness (QED) is 0.641. The zero-order chi connectivity index (χ0) is 8.98. The average Bonchev–Trinajstić information content (AvgIpc) is 2.56. The van der Waals surface area contributed by atoms with E-state index in [2.05, 4.69) is 13.8 Å². The number of ether oxygens (including phenoxy) is 1. The Morgan fingerprint density at radius 2 is 2.17 bits per heavy atom. The van der Waals surface area contributed by atoms with E-state index in [0.29, 0.717) is 13.2 Å². The minimum absolute atomic E-state index is 0.0428. The molecule has 1 saturated heterocycles. The van der Waals surface area contributed by atoms with Crippen LogP contribution in [0.1, 0.15) is 20.3 Å². The van der Waals surface area contributed by atoms with Crippen molar-refractivity contribution in [2.45, 2.75) is 20.3 Å². The minimum atomic E-state index is -0.659. The predicted molar refractivity (Wildman–Crippen MR) is 42.8 cm³/mol. The predicted octanol–water partition coefficient (Wildman–Crippen LogP) is 1.13. The Kier molecular flexibility index (Phi) is 1.35. The summed E-state index contributed by atoms with van der Waals surface area (Å²) in [5.41, 5.74) is 0.00882. The molecule has 0 radical (unpaired) electrons. The molecule has 68 valence electrons. The second kappa shape index (κ2) is 2.02. The smallest absolute Gasteiger partial charge is 0.307 e. The highest BCUT2D eigenvalue weighted by Crippen LogP contribution is 2.66. The summed E-state index contributed by atoms with van der Waals surface area (Å²) in [6.45, 7) is 5.54. The number of aliphatic carboxylic acids is 1. The van der Waals surface area contributed by atoms with Crippen molar-refractivity contribution in [2.24, 2.45) is 16.7 Å². The van der Waals surface area contributed by atoms with Crippen LogP contribution in [0.25, 0.3) is 0 Å². The third-order valence-corrected chi connectivity index (χ3v) is 3.54. The standard InChI is InChI=1S/C9H14O3/c1-8(2)4-12-5-9(8)3-6(9)7(10)11/h6H,3-5H2,1-2H3,(H,10,11). The molecule has 3 heteroatoms. The molecule has 3 nitrogen and oxygen atoms in total. The molecule has 2 aliphatic rings. The molecule has 0 aromatic rings. The van der Waals surface area contributed by atoms with Crippen LogP contribution in [0.3, 0.4) is 0 Å². The van der Waals surface area contributed by atoms with E-state index in [1.54, 1.807) is 0 Å². The lowest BCUT2D eigenvalue weighted by atomic mass is 9.77. The van der Waals surface area contributed by atoms with Gasteiger partial charge >= 0.3 is 5.97 Å². The minimum Gasteiger partial charge on any atom is -0.481 e. The number of carboxylic acids is 1. The van der Waals surface area contributed by atoms with Crippen molar-refractivity contribution >= 4 is 5.97 Å². The summed E-state index contributed by atoms with van der Waals surface area (Å²) in [6, 6.07) is 0. The maximum atomic E-state index is 10.8. The molecule has 2 atom stereocenters. The Hall–Kier alpha value is -0.570. The van der Waals surface area contributed by atoms with E-state index in [0.717, 1.165) is 6.42 Å². The highest BCUT2D eigenvalue weighted by atomic mass is 16.5. The Balaban J connectivity index is 2.20. The molecular formula is C9H14O3. The third kappa shape index (κ3) is 0.774. The van der Waals surface area contributed by atoms with Gasteiger partial charge in [0.05, 0.1) is 19.1 Å². The second-order valence-electron chi connectivity index (χ2n) is 4.63. The SMILES string of the molecule is CC1(C)COCC12CC2C(=O)O. The largest absolute Gasteiger partial charge is 0.481 e. The van der Waals surface area contributed by atoms with Gasteiger partial charge in [0.2, 0.25) is 0 Å². The summed E-state index contributed by atoms with van der Waals surface area (Å²) >= 11 is 0. The topological polar surface area (TPSA) is 46.5 Å². The first kappa shape index (κ1) is 8.05. The number of rotatable bonds is 1. The highest BCUT2D eigenvalue weighted by molar-refractivity contribution is 5.75. The number of carboxylic acid groups (broad SMARTS) is 1. The monoisotopic (exact) mass is 170 g/mol. The van der Waals surface area contributed by atoms with Gasteiger partial charge in [0.15, 0.2) is 0 Å². The van der Waals surface area contributed by atoms with Gasteiger partial charge in [-0.05, 0) is 11.8 Å². The van der Waals surface area contributed by atoms with Gasteiger partial charge in [-0.25, -0.2) is 0 Å². The van der Waals surface area contributed by atoms with E-state index in [9.17, 15) is 4.79 Å². The van der Waals surface area contributed by atoms with Crippen molar-refractivity contribution in [1.29, 1.82) is 0 Å². The lowest BCUT2D eigenvalue weighted by Gasteiger charge is -2.24. The molecule has 0 bridgehead atoms. The van der Waals surface area contributed by atoms with E-state index in [-0.39, 0.29) is 16.7 Å². The molecule has 0 amide bonds. The molecule has 2 fully saturated rings. The molecule has 1 spiro atoms. The van der Waals surface area contributed by atoms with Crippen LogP contribution in [0.5, 0.6) is 0 Å². The third-order valence-electron chi connectivity index (χ3n) is 3.54. The summed E-state index contributed by atoms with van der Waals surface area (Å²) in [5, 5.41) is 8.86. The average molecular weight is 170 g/mol. The summed E-state index contributed by atoms with van der Waals surface area (Å²) in [4.78, 5) is 10.8. The van der Waals surface area contributed by atoms with Crippen LogP contribution in [-0.4, -0.2) is 24.3 Å². The second-order valence-corrected chi connectivity index (χ2v) is 4.63. The van der Waals surface area contributed by atoms with Crippen LogP contribution >= 0.6 is 0 Å². The van der Waals surface area contributed by atoms with Gasteiger partial charge in [0.25, 0.3) is 0 Å². The summed E-state index contributed by atoms with van der Waals surface area (Å²) in [6.07, 6.45) is 0.801. The van der Waals surface area contributed by atoms with E-state index in [4.69, 9.17) is 9.84 Å². The Morgan fingerprint density at radius 1 is 1.50 bits per heavy atom. The zero-order valence-electron chi connectivity index (χ0n) is 7.46. The molecule has 1 N–H and O–H groups in total. The molecule has 0 aromatic heterocycles. The summed E-state index contributed by atoms with van der Waals surface area (Å²) in [7, 11) is 0. The van der Waals surface area contributed by atoms with E-state index < -0.39 is 5.97 Å². The lowest BCUT2D eigenvalue weighted by Crippen LogP contribution is -2.27. The van der Waals surface area contributed by atoms with Gasteiger partial charge in [-0.15, -0.1) is 0 Å². The van der Waals surface area contributed by atoms with Crippen LogP contribution in [0.15, 0.2) is 0 Å². The van der Waals surface area contributed by atoms with Crippen molar-refractivity contribution in [1.82, 2.24) is 0 Å². The van der Waals surface area contributed by atoms with E-state index in [1.165, 1.54) is 0 Å². The van der Waals surface area contributed by atoms with Crippen LogP contribution in [0.4, 0.5) is 0 Å². The Bertz CT molecular complexity index is 234. The number of carbonyl (C=O) groups is 1. The fraction of sp³-hybridized carbons (Fsp3) is 0.889. The summed E-state index contributed by atoms with van der Waals surface area (Å²) < 4.78 is 5.35. The van der Waals surface area contributed by atoms with Crippen molar-refractivity contribution in [3.63, 3.8) is 0 Å². The molecular weight excluding hydrogens is 156 g/mol.